The van der Waals surface area contributed by atoms with Crippen LogP contribution in [-0.4, -0.2) is 4.98 Å². The van der Waals surface area contributed by atoms with Crippen molar-refractivity contribution in [3.63, 3.8) is 0 Å². The van der Waals surface area contributed by atoms with Gasteiger partial charge in [-0.3, -0.25) is 4.98 Å². The van der Waals surface area contributed by atoms with Crippen molar-refractivity contribution in [1.82, 2.24) is 4.98 Å². The van der Waals surface area contributed by atoms with Crippen LogP contribution in [-0.2, 0) is 6.18 Å². The van der Waals surface area contributed by atoms with Gasteiger partial charge in [-0.25, -0.2) is 4.39 Å². The van der Waals surface area contributed by atoms with Gasteiger partial charge in [0.1, 0.15) is 5.82 Å². The van der Waals surface area contributed by atoms with Crippen LogP contribution in [0.2, 0.25) is 0 Å². The molecule has 0 atom stereocenters. The zero-order chi connectivity index (χ0) is 12.5. The number of pyridine rings is 1. The molecule has 2 aromatic rings. The van der Waals surface area contributed by atoms with Gasteiger partial charge in [-0.1, -0.05) is 12.1 Å². The normalized spacial score (nSPS) is 11.5. The second kappa shape index (κ2) is 4.16. The van der Waals surface area contributed by atoms with Crippen molar-refractivity contribution in [3.05, 3.63) is 54.1 Å². The van der Waals surface area contributed by atoms with E-state index in [4.69, 9.17) is 0 Å². The molecule has 5 heteroatoms. The second-order valence-electron chi connectivity index (χ2n) is 3.40. The van der Waals surface area contributed by atoms with Gasteiger partial charge < -0.3 is 0 Å². The molecule has 1 heterocycles. The number of aromatic nitrogens is 1. The van der Waals surface area contributed by atoms with Gasteiger partial charge >= 0.3 is 6.18 Å². The molecule has 88 valence electrons. The largest absolute Gasteiger partial charge is 0.419 e. The predicted octanol–water partition coefficient (Wildman–Crippen LogP) is 3.91. The molecule has 0 unspecified atom stereocenters. The first kappa shape index (κ1) is 11.6. The summed E-state index contributed by atoms with van der Waals surface area (Å²) in [5.74, 6) is -1.27. The van der Waals surface area contributed by atoms with E-state index in [0.717, 1.165) is 6.07 Å². The standard InChI is InChI=1S/C12H7F4N/c13-10-3-1-2-9(11(10)12(14,15)16)8-4-6-17-7-5-8/h1-7H. The molecule has 0 bridgehead atoms. The zero-order valence-corrected chi connectivity index (χ0v) is 8.50. The van der Waals surface area contributed by atoms with Crippen LogP contribution < -0.4 is 0 Å². The lowest BCUT2D eigenvalue weighted by Gasteiger charge is -2.13. The third-order valence-corrected chi connectivity index (χ3v) is 2.29. The van der Waals surface area contributed by atoms with Gasteiger partial charge in [0.2, 0.25) is 0 Å². The average molecular weight is 241 g/mol. The molecule has 0 spiro atoms. The van der Waals surface area contributed by atoms with Crippen molar-refractivity contribution in [2.45, 2.75) is 6.18 Å². The van der Waals surface area contributed by atoms with Gasteiger partial charge in [-0.2, -0.15) is 13.2 Å². The van der Waals surface area contributed by atoms with Crippen LogP contribution in [0.5, 0.6) is 0 Å². The predicted molar refractivity (Wildman–Crippen MR) is 54.6 cm³/mol. The highest BCUT2D eigenvalue weighted by atomic mass is 19.4. The van der Waals surface area contributed by atoms with E-state index >= 15 is 0 Å². The molecule has 0 radical (unpaired) electrons. The molecule has 0 aliphatic carbocycles. The Balaban J connectivity index is 2.67. The van der Waals surface area contributed by atoms with Crippen molar-refractivity contribution >= 4 is 0 Å². The maximum absolute atomic E-state index is 13.3. The van der Waals surface area contributed by atoms with Crippen molar-refractivity contribution in [2.75, 3.05) is 0 Å². The Labute approximate surface area is 94.7 Å². The summed E-state index contributed by atoms with van der Waals surface area (Å²) >= 11 is 0. The molecule has 1 nitrogen and oxygen atoms in total. The molecule has 1 aromatic carbocycles. The van der Waals surface area contributed by atoms with Crippen molar-refractivity contribution in [1.29, 1.82) is 0 Å². The minimum atomic E-state index is -4.72. The van der Waals surface area contributed by atoms with Crippen LogP contribution in [0.25, 0.3) is 11.1 Å². The summed E-state index contributed by atoms with van der Waals surface area (Å²) < 4.78 is 51.5. The van der Waals surface area contributed by atoms with E-state index in [9.17, 15) is 17.6 Å². The highest BCUT2D eigenvalue weighted by molar-refractivity contribution is 5.67. The Bertz CT molecular complexity index is 520. The maximum Gasteiger partial charge on any atom is 0.419 e. The number of rotatable bonds is 1. The van der Waals surface area contributed by atoms with E-state index in [2.05, 4.69) is 4.98 Å². The first-order valence-corrected chi connectivity index (χ1v) is 4.76. The Morgan fingerprint density at radius 3 is 2.18 bits per heavy atom. The van der Waals surface area contributed by atoms with Gasteiger partial charge in [0.25, 0.3) is 0 Å². The van der Waals surface area contributed by atoms with Crippen LogP contribution in [0, 0.1) is 5.82 Å². The summed E-state index contributed by atoms with van der Waals surface area (Å²) in [5, 5.41) is 0. The Morgan fingerprint density at radius 1 is 0.941 bits per heavy atom. The van der Waals surface area contributed by atoms with Gasteiger partial charge in [-0.15, -0.1) is 0 Å². The lowest BCUT2D eigenvalue weighted by molar-refractivity contribution is -0.139. The molecule has 2 rings (SSSR count). The highest BCUT2D eigenvalue weighted by Gasteiger charge is 2.36. The molecule has 17 heavy (non-hydrogen) atoms. The maximum atomic E-state index is 13.3. The van der Waals surface area contributed by atoms with E-state index < -0.39 is 17.6 Å². The third kappa shape index (κ3) is 2.27. The van der Waals surface area contributed by atoms with Crippen LogP contribution in [0.4, 0.5) is 17.6 Å². The molecule has 0 aliphatic rings. The topological polar surface area (TPSA) is 12.9 Å². The van der Waals surface area contributed by atoms with Crippen LogP contribution in [0.3, 0.4) is 0 Å². The van der Waals surface area contributed by atoms with Crippen molar-refractivity contribution < 1.29 is 17.6 Å². The molecule has 0 amide bonds. The van der Waals surface area contributed by atoms with Crippen LogP contribution in [0.15, 0.2) is 42.7 Å². The fourth-order valence-electron chi connectivity index (χ4n) is 1.58. The van der Waals surface area contributed by atoms with E-state index in [1.165, 1.54) is 36.7 Å². The minimum Gasteiger partial charge on any atom is -0.265 e. The summed E-state index contributed by atoms with van der Waals surface area (Å²) in [6.07, 6.45) is -2.00. The summed E-state index contributed by atoms with van der Waals surface area (Å²) in [5.41, 5.74) is -1.14. The molecule has 0 saturated heterocycles. The average Bonchev–Trinajstić information content (AvgIpc) is 2.28. The third-order valence-electron chi connectivity index (χ3n) is 2.29. The Morgan fingerprint density at radius 2 is 1.59 bits per heavy atom. The van der Waals surface area contributed by atoms with E-state index in [-0.39, 0.29) is 11.1 Å². The van der Waals surface area contributed by atoms with Crippen molar-refractivity contribution in [3.8, 4) is 11.1 Å². The SMILES string of the molecule is Fc1cccc(-c2ccncc2)c1C(F)(F)F. The number of benzene rings is 1. The van der Waals surface area contributed by atoms with Gasteiger partial charge in [0.05, 0.1) is 5.56 Å². The number of hydrogen-bond donors (Lipinski definition) is 0. The number of hydrogen-bond acceptors (Lipinski definition) is 1. The molecular weight excluding hydrogens is 234 g/mol. The molecule has 0 fully saturated rings. The lowest BCUT2D eigenvalue weighted by Crippen LogP contribution is -2.10. The van der Waals surface area contributed by atoms with Gasteiger partial charge in [0, 0.05) is 12.4 Å². The van der Waals surface area contributed by atoms with Gasteiger partial charge in [0.15, 0.2) is 0 Å². The van der Waals surface area contributed by atoms with Crippen molar-refractivity contribution in [2.24, 2.45) is 0 Å². The van der Waals surface area contributed by atoms with Gasteiger partial charge in [-0.05, 0) is 29.3 Å². The molecule has 0 saturated carbocycles. The Kier molecular flexibility index (Phi) is 2.83. The Hall–Kier alpha value is -1.91. The summed E-state index contributed by atoms with van der Waals surface area (Å²) in [6.45, 7) is 0. The summed E-state index contributed by atoms with van der Waals surface area (Å²) in [4.78, 5) is 3.71. The number of alkyl halides is 3. The quantitative estimate of drug-likeness (QED) is 0.690. The summed E-state index contributed by atoms with van der Waals surface area (Å²) in [7, 11) is 0. The first-order chi connectivity index (χ1) is 8.00. The van der Waals surface area contributed by atoms with E-state index in [1.807, 2.05) is 0 Å². The minimum absolute atomic E-state index is 0.181. The molecule has 1 aromatic heterocycles. The van der Waals surface area contributed by atoms with E-state index in [0.29, 0.717) is 0 Å². The monoisotopic (exact) mass is 241 g/mol. The molecular formula is C12H7F4N. The highest BCUT2D eigenvalue weighted by Crippen LogP contribution is 2.38. The molecule has 0 N–H and O–H groups in total. The fraction of sp³-hybridized carbons (Fsp3) is 0.0833. The summed E-state index contributed by atoms with van der Waals surface area (Å²) in [6, 6.07) is 6.10. The zero-order valence-electron chi connectivity index (χ0n) is 8.50. The second-order valence-corrected chi connectivity index (χ2v) is 3.40. The lowest BCUT2D eigenvalue weighted by atomic mass is 10.00. The number of halogens is 4. The first-order valence-electron chi connectivity index (χ1n) is 4.76. The molecule has 0 aliphatic heterocycles. The number of nitrogens with zero attached hydrogens (tertiary/aromatic N) is 1. The smallest absolute Gasteiger partial charge is 0.265 e. The van der Waals surface area contributed by atoms with Crippen LogP contribution in [0.1, 0.15) is 5.56 Å². The fourth-order valence-corrected chi connectivity index (χ4v) is 1.58. The van der Waals surface area contributed by atoms with Crippen LogP contribution >= 0.6 is 0 Å². The van der Waals surface area contributed by atoms with E-state index in [1.54, 1.807) is 0 Å².